The molecule has 3 N–H and O–H groups in total. The minimum absolute atomic E-state index is 0.595. The van der Waals surface area contributed by atoms with E-state index in [0.29, 0.717) is 6.61 Å². The Hall–Kier alpha value is -2.04. The zero-order valence-corrected chi connectivity index (χ0v) is 15.0. The molecule has 4 heteroatoms. The van der Waals surface area contributed by atoms with E-state index in [-0.39, 0.29) is 0 Å². The maximum atomic E-state index is 5.84. The Morgan fingerprint density at radius 2 is 1.48 bits per heavy atom. The Morgan fingerprint density at radius 3 is 2.20 bits per heavy atom. The number of nitrogens with two attached hydrogens (primary N) is 1. The van der Waals surface area contributed by atoms with Crippen LogP contribution in [0.5, 0.6) is 11.5 Å². The SMILES string of the molecule is c1ccc(COc2ccc(OCCCC[NH+]3CC[NH2+]CC3)cc2)cc1. The second kappa shape index (κ2) is 10.1. The number of rotatable bonds is 9. The van der Waals surface area contributed by atoms with Gasteiger partial charge in [-0.1, -0.05) is 30.3 Å². The summed E-state index contributed by atoms with van der Waals surface area (Å²) in [6.45, 7) is 7.86. The molecule has 0 aliphatic carbocycles. The molecule has 1 aliphatic heterocycles. The van der Waals surface area contributed by atoms with E-state index in [1.54, 1.807) is 4.90 Å². The number of quaternary nitrogens is 2. The quantitative estimate of drug-likeness (QED) is 0.665. The molecule has 0 aromatic heterocycles. The van der Waals surface area contributed by atoms with Gasteiger partial charge in [0.05, 0.1) is 13.2 Å². The van der Waals surface area contributed by atoms with Crippen LogP contribution < -0.4 is 19.7 Å². The molecule has 0 spiro atoms. The Bertz CT molecular complexity index is 595. The highest BCUT2D eigenvalue weighted by Gasteiger charge is 2.14. The van der Waals surface area contributed by atoms with Gasteiger partial charge in [-0.15, -0.1) is 0 Å². The lowest BCUT2D eigenvalue weighted by molar-refractivity contribution is -0.946. The average molecular weight is 342 g/mol. The van der Waals surface area contributed by atoms with Crippen molar-refractivity contribution in [3.63, 3.8) is 0 Å². The molecule has 1 aliphatic rings. The largest absolute Gasteiger partial charge is 0.494 e. The molecular formula is C21H30N2O2+2. The molecule has 0 bridgehead atoms. The predicted octanol–water partition coefficient (Wildman–Crippen LogP) is 0.887. The number of ether oxygens (including phenoxy) is 2. The summed E-state index contributed by atoms with van der Waals surface area (Å²) in [5, 5.41) is 2.42. The Kier molecular flexibility index (Phi) is 7.16. The zero-order valence-electron chi connectivity index (χ0n) is 15.0. The van der Waals surface area contributed by atoms with E-state index >= 15 is 0 Å². The molecular weight excluding hydrogens is 312 g/mol. The predicted molar refractivity (Wildman–Crippen MR) is 99.2 cm³/mol. The fourth-order valence-corrected chi connectivity index (χ4v) is 3.17. The molecule has 134 valence electrons. The van der Waals surface area contributed by atoms with Crippen molar-refractivity contribution in [3.8, 4) is 11.5 Å². The first-order chi connectivity index (χ1) is 12.4. The van der Waals surface area contributed by atoms with E-state index < -0.39 is 0 Å². The summed E-state index contributed by atoms with van der Waals surface area (Å²) in [6, 6.07) is 18.2. The second-order valence-corrected chi connectivity index (χ2v) is 6.67. The maximum Gasteiger partial charge on any atom is 0.127 e. The fraction of sp³-hybridized carbons (Fsp3) is 0.429. The lowest BCUT2D eigenvalue weighted by atomic mass is 10.2. The van der Waals surface area contributed by atoms with Crippen LogP contribution in [0.1, 0.15) is 18.4 Å². The molecule has 0 radical (unpaired) electrons. The van der Waals surface area contributed by atoms with E-state index in [9.17, 15) is 0 Å². The number of hydrogen-bond acceptors (Lipinski definition) is 2. The lowest BCUT2D eigenvalue weighted by Gasteiger charge is -2.21. The molecule has 0 saturated carbocycles. The molecule has 0 atom stereocenters. The number of hydrogen-bond donors (Lipinski definition) is 2. The van der Waals surface area contributed by atoms with Crippen LogP contribution in [0.25, 0.3) is 0 Å². The van der Waals surface area contributed by atoms with Crippen molar-refractivity contribution in [3.05, 3.63) is 60.2 Å². The van der Waals surface area contributed by atoms with E-state index in [4.69, 9.17) is 9.47 Å². The van der Waals surface area contributed by atoms with Crippen molar-refractivity contribution in [1.29, 1.82) is 0 Å². The molecule has 4 nitrogen and oxygen atoms in total. The monoisotopic (exact) mass is 342 g/mol. The van der Waals surface area contributed by atoms with Crippen molar-refractivity contribution in [2.75, 3.05) is 39.3 Å². The summed E-state index contributed by atoms with van der Waals surface area (Å²) < 4.78 is 11.6. The molecule has 0 amide bonds. The van der Waals surface area contributed by atoms with Crippen molar-refractivity contribution < 1.29 is 19.7 Å². The third-order valence-corrected chi connectivity index (χ3v) is 4.67. The van der Waals surface area contributed by atoms with Crippen LogP contribution in [0.15, 0.2) is 54.6 Å². The third-order valence-electron chi connectivity index (χ3n) is 4.67. The topological polar surface area (TPSA) is 39.5 Å². The molecule has 1 heterocycles. The van der Waals surface area contributed by atoms with Crippen LogP contribution in [0.3, 0.4) is 0 Å². The summed E-state index contributed by atoms with van der Waals surface area (Å²) in [7, 11) is 0. The number of nitrogens with one attached hydrogen (secondary N) is 1. The first-order valence-electron chi connectivity index (χ1n) is 9.45. The fourth-order valence-electron chi connectivity index (χ4n) is 3.17. The third kappa shape index (κ3) is 6.40. The van der Waals surface area contributed by atoms with Gasteiger partial charge in [0, 0.05) is 0 Å². The molecule has 0 unspecified atom stereocenters. The first kappa shape index (κ1) is 17.8. The lowest BCUT2D eigenvalue weighted by Crippen LogP contribution is -3.20. The standard InChI is InChI=1S/C21H28N2O2/c1-2-6-19(7-3-1)18-25-21-10-8-20(9-11-21)24-17-5-4-14-23-15-12-22-13-16-23/h1-3,6-11,22H,4-5,12-18H2/p+2. The highest BCUT2D eigenvalue weighted by Crippen LogP contribution is 2.18. The van der Waals surface area contributed by atoms with E-state index in [0.717, 1.165) is 24.5 Å². The van der Waals surface area contributed by atoms with E-state index in [2.05, 4.69) is 17.4 Å². The Morgan fingerprint density at radius 1 is 0.800 bits per heavy atom. The number of unbranched alkanes of at least 4 members (excludes halogenated alkanes) is 1. The minimum atomic E-state index is 0.595. The first-order valence-corrected chi connectivity index (χ1v) is 9.45. The summed E-state index contributed by atoms with van der Waals surface area (Å²) in [5.74, 6) is 1.80. The summed E-state index contributed by atoms with van der Waals surface area (Å²) >= 11 is 0. The molecule has 25 heavy (non-hydrogen) atoms. The molecule has 1 saturated heterocycles. The molecule has 2 aromatic rings. The molecule has 2 aromatic carbocycles. The average Bonchev–Trinajstić information content (AvgIpc) is 2.69. The van der Waals surface area contributed by atoms with E-state index in [1.807, 2.05) is 42.5 Å². The summed E-state index contributed by atoms with van der Waals surface area (Å²) in [6.07, 6.45) is 2.37. The number of piperazine rings is 1. The van der Waals surface area contributed by atoms with Crippen LogP contribution in [-0.2, 0) is 6.61 Å². The normalized spacial score (nSPS) is 15.0. The minimum Gasteiger partial charge on any atom is -0.494 e. The van der Waals surface area contributed by atoms with Gasteiger partial charge in [0.2, 0.25) is 0 Å². The second-order valence-electron chi connectivity index (χ2n) is 6.67. The van der Waals surface area contributed by atoms with Gasteiger partial charge in [0.25, 0.3) is 0 Å². The maximum absolute atomic E-state index is 5.84. The summed E-state index contributed by atoms with van der Waals surface area (Å²) in [4.78, 5) is 1.75. The van der Waals surface area contributed by atoms with Gasteiger partial charge in [-0.25, -0.2) is 0 Å². The highest BCUT2D eigenvalue weighted by atomic mass is 16.5. The van der Waals surface area contributed by atoms with Crippen LogP contribution in [-0.4, -0.2) is 39.3 Å². The zero-order chi connectivity index (χ0) is 17.2. The van der Waals surface area contributed by atoms with Crippen molar-refractivity contribution >= 4 is 0 Å². The summed E-state index contributed by atoms with van der Waals surface area (Å²) in [5.41, 5.74) is 1.18. The van der Waals surface area contributed by atoms with E-state index in [1.165, 1.54) is 44.7 Å². The number of benzene rings is 2. The van der Waals surface area contributed by atoms with Gasteiger partial charge in [-0.05, 0) is 42.7 Å². The molecule has 3 rings (SSSR count). The van der Waals surface area contributed by atoms with Crippen LogP contribution in [0, 0.1) is 0 Å². The van der Waals surface area contributed by atoms with Gasteiger partial charge in [0.15, 0.2) is 0 Å². The Balaban J connectivity index is 1.30. The van der Waals surface area contributed by atoms with Crippen LogP contribution >= 0.6 is 0 Å². The van der Waals surface area contributed by atoms with Crippen molar-refractivity contribution in [2.45, 2.75) is 19.4 Å². The highest BCUT2D eigenvalue weighted by molar-refractivity contribution is 5.31. The van der Waals surface area contributed by atoms with Crippen LogP contribution in [0.4, 0.5) is 0 Å². The molecule has 1 fully saturated rings. The van der Waals surface area contributed by atoms with Gasteiger partial charge in [-0.3, -0.25) is 0 Å². The van der Waals surface area contributed by atoms with Crippen molar-refractivity contribution in [2.24, 2.45) is 0 Å². The van der Waals surface area contributed by atoms with Crippen molar-refractivity contribution in [1.82, 2.24) is 0 Å². The van der Waals surface area contributed by atoms with Gasteiger partial charge in [-0.2, -0.15) is 0 Å². The Labute approximate surface area is 150 Å². The van der Waals surface area contributed by atoms with Gasteiger partial charge < -0.3 is 19.7 Å². The van der Waals surface area contributed by atoms with Gasteiger partial charge >= 0.3 is 0 Å². The van der Waals surface area contributed by atoms with Crippen LogP contribution in [0.2, 0.25) is 0 Å². The smallest absolute Gasteiger partial charge is 0.127 e. The van der Waals surface area contributed by atoms with Gasteiger partial charge in [0.1, 0.15) is 44.3 Å².